The predicted octanol–water partition coefficient (Wildman–Crippen LogP) is 3.03. The van der Waals surface area contributed by atoms with Crippen molar-refractivity contribution in [2.24, 2.45) is 5.84 Å². The summed E-state index contributed by atoms with van der Waals surface area (Å²) in [5, 5.41) is 0. The van der Waals surface area contributed by atoms with Crippen LogP contribution in [0.5, 0.6) is 0 Å². The number of benzene rings is 1. The Morgan fingerprint density at radius 1 is 1.33 bits per heavy atom. The molecule has 1 aromatic carbocycles. The van der Waals surface area contributed by atoms with Gasteiger partial charge in [-0.2, -0.15) is 0 Å². The summed E-state index contributed by atoms with van der Waals surface area (Å²) in [5.74, 6) is 5.62. The lowest BCUT2D eigenvalue weighted by Gasteiger charge is -2.25. The summed E-state index contributed by atoms with van der Waals surface area (Å²) in [6, 6.07) is 8.64. The SMILES string of the molecule is COC(C)(C)CCC(Cc1ccc(Br)cc1)NN. The van der Waals surface area contributed by atoms with Crippen LogP contribution in [0, 0.1) is 0 Å². The molecule has 0 amide bonds. The van der Waals surface area contributed by atoms with E-state index in [1.54, 1.807) is 7.11 Å². The highest BCUT2D eigenvalue weighted by Gasteiger charge is 2.18. The number of methoxy groups -OCH3 is 1. The van der Waals surface area contributed by atoms with Gasteiger partial charge in [-0.1, -0.05) is 28.1 Å². The van der Waals surface area contributed by atoms with Gasteiger partial charge < -0.3 is 4.74 Å². The van der Waals surface area contributed by atoms with E-state index >= 15 is 0 Å². The molecule has 18 heavy (non-hydrogen) atoms. The second-order valence-corrected chi connectivity index (χ2v) is 6.11. The van der Waals surface area contributed by atoms with E-state index in [4.69, 9.17) is 10.6 Å². The largest absolute Gasteiger partial charge is 0.379 e. The number of halogens is 1. The zero-order valence-corrected chi connectivity index (χ0v) is 13.0. The predicted molar refractivity (Wildman–Crippen MR) is 79.3 cm³/mol. The third-order valence-electron chi connectivity index (χ3n) is 3.28. The smallest absolute Gasteiger partial charge is 0.0623 e. The summed E-state index contributed by atoms with van der Waals surface area (Å²) in [4.78, 5) is 0. The first-order chi connectivity index (χ1) is 8.46. The van der Waals surface area contributed by atoms with E-state index in [0.717, 1.165) is 23.7 Å². The number of ether oxygens (including phenoxy) is 1. The van der Waals surface area contributed by atoms with Gasteiger partial charge in [0, 0.05) is 17.6 Å². The summed E-state index contributed by atoms with van der Waals surface area (Å²) < 4.78 is 6.52. The number of hydrogen-bond acceptors (Lipinski definition) is 3. The molecule has 4 heteroatoms. The molecule has 3 N–H and O–H groups in total. The summed E-state index contributed by atoms with van der Waals surface area (Å²) >= 11 is 3.44. The fraction of sp³-hybridized carbons (Fsp3) is 0.571. The first kappa shape index (κ1) is 15.6. The van der Waals surface area contributed by atoms with E-state index in [1.165, 1.54) is 5.56 Å². The Bertz CT molecular complexity index is 351. The maximum Gasteiger partial charge on any atom is 0.0623 e. The second-order valence-electron chi connectivity index (χ2n) is 5.20. The number of nitrogens with two attached hydrogens (primary N) is 1. The molecule has 0 aliphatic rings. The van der Waals surface area contributed by atoms with Crippen molar-refractivity contribution in [3.63, 3.8) is 0 Å². The fourth-order valence-electron chi connectivity index (χ4n) is 1.77. The van der Waals surface area contributed by atoms with E-state index < -0.39 is 0 Å². The molecule has 0 saturated carbocycles. The molecule has 0 heterocycles. The first-order valence-corrected chi connectivity index (χ1v) is 7.02. The van der Waals surface area contributed by atoms with Crippen molar-refractivity contribution < 1.29 is 4.74 Å². The third kappa shape index (κ3) is 5.48. The van der Waals surface area contributed by atoms with E-state index in [2.05, 4.69) is 59.5 Å². The molecular weight excluding hydrogens is 292 g/mol. The van der Waals surface area contributed by atoms with Gasteiger partial charge in [0.05, 0.1) is 5.60 Å². The van der Waals surface area contributed by atoms with Gasteiger partial charge >= 0.3 is 0 Å². The Morgan fingerprint density at radius 3 is 2.44 bits per heavy atom. The Hall–Kier alpha value is -0.420. The summed E-state index contributed by atoms with van der Waals surface area (Å²) in [5.41, 5.74) is 4.09. The summed E-state index contributed by atoms with van der Waals surface area (Å²) in [6.07, 6.45) is 2.91. The van der Waals surface area contributed by atoms with Gasteiger partial charge in [-0.3, -0.25) is 11.3 Å². The maximum absolute atomic E-state index is 5.62. The molecule has 0 bridgehead atoms. The van der Waals surface area contributed by atoms with Crippen molar-refractivity contribution in [1.82, 2.24) is 5.43 Å². The topological polar surface area (TPSA) is 47.3 Å². The van der Waals surface area contributed by atoms with Crippen LogP contribution in [0.3, 0.4) is 0 Å². The number of rotatable bonds is 7. The van der Waals surface area contributed by atoms with Crippen LogP contribution in [-0.2, 0) is 11.2 Å². The molecule has 0 saturated heterocycles. The van der Waals surface area contributed by atoms with Crippen molar-refractivity contribution in [3.05, 3.63) is 34.3 Å². The van der Waals surface area contributed by atoms with Crippen molar-refractivity contribution in [2.45, 2.75) is 44.8 Å². The van der Waals surface area contributed by atoms with Crippen LogP contribution < -0.4 is 11.3 Å². The Morgan fingerprint density at radius 2 is 1.94 bits per heavy atom. The molecule has 1 rings (SSSR count). The van der Waals surface area contributed by atoms with Crippen LogP contribution >= 0.6 is 15.9 Å². The number of nitrogens with one attached hydrogen (secondary N) is 1. The lowest BCUT2D eigenvalue weighted by molar-refractivity contribution is 0.0117. The molecule has 0 aliphatic heterocycles. The minimum absolute atomic E-state index is 0.0885. The van der Waals surface area contributed by atoms with E-state index in [0.29, 0.717) is 0 Å². The minimum atomic E-state index is -0.0885. The van der Waals surface area contributed by atoms with Crippen molar-refractivity contribution in [3.8, 4) is 0 Å². The molecule has 0 radical (unpaired) electrons. The van der Waals surface area contributed by atoms with Gasteiger partial charge in [0.25, 0.3) is 0 Å². The zero-order chi connectivity index (χ0) is 13.6. The molecule has 0 spiro atoms. The Kier molecular flexibility index (Phi) is 6.29. The van der Waals surface area contributed by atoms with Gasteiger partial charge in [0.1, 0.15) is 0 Å². The highest BCUT2D eigenvalue weighted by Crippen LogP contribution is 2.19. The van der Waals surface area contributed by atoms with Crippen LogP contribution in [0.15, 0.2) is 28.7 Å². The monoisotopic (exact) mass is 314 g/mol. The minimum Gasteiger partial charge on any atom is -0.379 e. The van der Waals surface area contributed by atoms with Gasteiger partial charge in [0.15, 0.2) is 0 Å². The summed E-state index contributed by atoms with van der Waals surface area (Å²) in [6.45, 7) is 4.19. The van der Waals surface area contributed by atoms with E-state index in [9.17, 15) is 0 Å². The average molecular weight is 315 g/mol. The van der Waals surface area contributed by atoms with Crippen molar-refractivity contribution in [1.29, 1.82) is 0 Å². The van der Waals surface area contributed by atoms with Crippen LogP contribution in [0.25, 0.3) is 0 Å². The van der Waals surface area contributed by atoms with E-state index in [-0.39, 0.29) is 11.6 Å². The Labute approximate surface area is 118 Å². The molecule has 1 unspecified atom stereocenters. The maximum atomic E-state index is 5.62. The second kappa shape index (κ2) is 7.24. The zero-order valence-electron chi connectivity index (χ0n) is 11.4. The van der Waals surface area contributed by atoms with Gasteiger partial charge in [-0.05, 0) is 50.8 Å². The highest BCUT2D eigenvalue weighted by atomic mass is 79.9. The van der Waals surface area contributed by atoms with Crippen molar-refractivity contribution in [2.75, 3.05) is 7.11 Å². The van der Waals surface area contributed by atoms with E-state index in [1.807, 2.05) is 0 Å². The molecular formula is C14H23BrN2O. The number of hydrogen-bond donors (Lipinski definition) is 2. The first-order valence-electron chi connectivity index (χ1n) is 6.22. The van der Waals surface area contributed by atoms with Gasteiger partial charge in [-0.25, -0.2) is 0 Å². The standard InChI is InChI=1S/C14H23BrN2O/c1-14(2,18-3)9-8-13(17-16)10-11-4-6-12(15)7-5-11/h4-7,13,17H,8-10,16H2,1-3H3. The normalized spacial score (nSPS) is 13.6. The van der Waals surface area contributed by atoms with Gasteiger partial charge in [0.2, 0.25) is 0 Å². The van der Waals surface area contributed by atoms with Crippen LogP contribution in [0.1, 0.15) is 32.3 Å². The molecule has 102 valence electrons. The molecule has 1 atom stereocenters. The summed E-state index contributed by atoms with van der Waals surface area (Å²) in [7, 11) is 1.75. The number of hydrazine groups is 1. The quantitative estimate of drug-likeness (QED) is 0.600. The Balaban J connectivity index is 2.49. The fourth-order valence-corrected chi connectivity index (χ4v) is 2.04. The van der Waals surface area contributed by atoms with Crippen molar-refractivity contribution >= 4 is 15.9 Å². The molecule has 3 nitrogen and oxygen atoms in total. The molecule has 0 fully saturated rings. The van der Waals surface area contributed by atoms with Crippen LogP contribution in [-0.4, -0.2) is 18.8 Å². The molecule has 1 aromatic rings. The lowest BCUT2D eigenvalue weighted by atomic mass is 9.95. The average Bonchev–Trinajstić information content (AvgIpc) is 2.37. The third-order valence-corrected chi connectivity index (χ3v) is 3.81. The van der Waals surface area contributed by atoms with Gasteiger partial charge in [-0.15, -0.1) is 0 Å². The molecule has 0 aliphatic carbocycles. The molecule has 0 aromatic heterocycles. The van der Waals surface area contributed by atoms with Crippen LogP contribution in [0.4, 0.5) is 0 Å². The van der Waals surface area contributed by atoms with Crippen LogP contribution in [0.2, 0.25) is 0 Å². The highest BCUT2D eigenvalue weighted by molar-refractivity contribution is 9.10. The lowest BCUT2D eigenvalue weighted by Crippen LogP contribution is -2.38.